The first-order chi connectivity index (χ1) is 15.7. The van der Waals surface area contributed by atoms with E-state index < -0.39 is 0 Å². The zero-order chi connectivity index (χ0) is 22.6. The lowest BCUT2D eigenvalue weighted by Crippen LogP contribution is -2.25. The third-order valence-electron chi connectivity index (χ3n) is 5.20. The number of anilines is 2. The normalized spacial score (nSPS) is 12.7. The van der Waals surface area contributed by atoms with Gasteiger partial charge in [-0.2, -0.15) is 0 Å². The molecule has 0 radical (unpaired) electrons. The summed E-state index contributed by atoms with van der Waals surface area (Å²) in [5, 5.41) is 11.6. The van der Waals surface area contributed by atoms with E-state index in [0.29, 0.717) is 23.8 Å². The third-order valence-corrected chi connectivity index (χ3v) is 5.20. The van der Waals surface area contributed by atoms with Crippen molar-refractivity contribution >= 4 is 17.5 Å². The molecule has 0 saturated heterocycles. The zero-order valence-corrected chi connectivity index (χ0v) is 18.3. The summed E-state index contributed by atoms with van der Waals surface area (Å²) >= 11 is 0. The Morgan fingerprint density at radius 1 is 1.06 bits per heavy atom. The molecule has 0 bridgehead atoms. The number of nitrogens with one attached hydrogen (secondary N) is 2. The Labute approximate surface area is 189 Å². The van der Waals surface area contributed by atoms with Gasteiger partial charge < -0.3 is 5.32 Å². The topological polar surface area (TPSA) is 90.4 Å². The quantitative estimate of drug-likeness (QED) is 0.322. The highest BCUT2D eigenvalue weighted by molar-refractivity contribution is 5.93. The van der Waals surface area contributed by atoms with Gasteiger partial charge in [-0.3, -0.25) is 20.4 Å². The van der Waals surface area contributed by atoms with E-state index in [1.54, 1.807) is 12.4 Å². The van der Waals surface area contributed by atoms with E-state index in [1.165, 1.54) is 0 Å². The SMILES string of the molecule is C=C(CCCCCCNC(=O)c1cnc(N(C2=CCCC=C2)c2ccccc2)nc1)NO. The van der Waals surface area contributed by atoms with Gasteiger partial charge in [0, 0.05) is 36.0 Å². The molecule has 0 spiro atoms. The van der Waals surface area contributed by atoms with Crippen LogP contribution in [-0.4, -0.2) is 27.6 Å². The van der Waals surface area contributed by atoms with Crippen molar-refractivity contribution < 1.29 is 10.0 Å². The molecule has 1 amide bonds. The van der Waals surface area contributed by atoms with Gasteiger partial charge >= 0.3 is 0 Å². The minimum atomic E-state index is -0.169. The summed E-state index contributed by atoms with van der Waals surface area (Å²) in [5.41, 5.74) is 5.14. The maximum atomic E-state index is 12.4. The lowest BCUT2D eigenvalue weighted by molar-refractivity contribution is 0.0952. The summed E-state index contributed by atoms with van der Waals surface area (Å²) in [5.74, 6) is 0.363. The number of hydrogen-bond acceptors (Lipinski definition) is 6. The van der Waals surface area contributed by atoms with Gasteiger partial charge in [0.2, 0.25) is 5.95 Å². The predicted molar refractivity (Wildman–Crippen MR) is 127 cm³/mol. The summed E-state index contributed by atoms with van der Waals surface area (Å²) < 4.78 is 0. The fraction of sp³-hybridized carbons (Fsp3) is 0.320. The van der Waals surface area contributed by atoms with Crippen molar-refractivity contribution in [1.82, 2.24) is 20.8 Å². The Hall–Kier alpha value is -3.45. The Kier molecular flexibility index (Phi) is 9.01. The van der Waals surface area contributed by atoms with Gasteiger partial charge in [0.15, 0.2) is 0 Å². The van der Waals surface area contributed by atoms with Crippen molar-refractivity contribution in [3.05, 3.63) is 84.5 Å². The molecule has 1 aromatic carbocycles. The average molecular weight is 434 g/mol. The molecule has 7 heteroatoms. The summed E-state index contributed by atoms with van der Waals surface area (Å²) in [6.45, 7) is 4.29. The average Bonchev–Trinajstić information content (AvgIpc) is 2.85. The molecule has 1 aliphatic carbocycles. The highest BCUT2D eigenvalue weighted by atomic mass is 16.5. The molecule has 0 aliphatic heterocycles. The largest absolute Gasteiger partial charge is 0.352 e. The number of nitrogens with zero attached hydrogens (tertiary/aromatic N) is 3. The number of amides is 1. The number of unbranched alkanes of at least 4 members (excludes halogenated alkanes) is 3. The molecule has 2 aromatic rings. The van der Waals surface area contributed by atoms with Gasteiger partial charge in [0.25, 0.3) is 5.91 Å². The van der Waals surface area contributed by atoms with E-state index in [4.69, 9.17) is 5.21 Å². The minimum Gasteiger partial charge on any atom is -0.352 e. The highest BCUT2D eigenvalue weighted by Crippen LogP contribution is 2.29. The Balaban J connectivity index is 1.55. The lowest BCUT2D eigenvalue weighted by Gasteiger charge is -2.25. The number of benzene rings is 1. The van der Waals surface area contributed by atoms with Gasteiger partial charge in [-0.25, -0.2) is 9.97 Å². The van der Waals surface area contributed by atoms with E-state index >= 15 is 0 Å². The molecule has 1 heterocycles. The summed E-state index contributed by atoms with van der Waals surface area (Å²) in [4.78, 5) is 23.4. The highest BCUT2D eigenvalue weighted by Gasteiger charge is 2.17. The van der Waals surface area contributed by atoms with Crippen LogP contribution >= 0.6 is 0 Å². The van der Waals surface area contributed by atoms with E-state index in [9.17, 15) is 4.79 Å². The smallest absolute Gasteiger partial charge is 0.254 e. The third kappa shape index (κ3) is 6.78. The first-order valence-corrected chi connectivity index (χ1v) is 11.1. The van der Waals surface area contributed by atoms with Crippen LogP contribution in [0.2, 0.25) is 0 Å². The first kappa shape index (κ1) is 23.2. The number of aromatic nitrogens is 2. The predicted octanol–water partition coefficient (Wildman–Crippen LogP) is 5.02. The van der Waals surface area contributed by atoms with Crippen molar-refractivity contribution in [2.45, 2.75) is 44.9 Å². The second kappa shape index (κ2) is 12.4. The molecular weight excluding hydrogens is 402 g/mol. The van der Waals surface area contributed by atoms with Crippen LogP contribution in [-0.2, 0) is 0 Å². The Bertz CT molecular complexity index is 939. The molecular formula is C25H31N5O2. The van der Waals surface area contributed by atoms with Crippen LogP contribution in [0.3, 0.4) is 0 Å². The maximum Gasteiger partial charge on any atom is 0.254 e. The van der Waals surface area contributed by atoms with Crippen molar-refractivity contribution in [3.63, 3.8) is 0 Å². The Morgan fingerprint density at radius 3 is 2.50 bits per heavy atom. The fourth-order valence-corrected chi connectivity index (χ4v) is 3.45. The summed E-state index contributed by atoms with van der Waals surface area (Å²) in [6.07, 6.45) is 16.2. The molecule has 3 N–H and O–H groups in total. The number of hydrogen-bond donors (Lipinski definition) is 3. The van der Waals surface area contributed by atoms with E-state index in [0.717, 1.165) is 56.3 Å². The minimum absolute atomic E-state index is 0.169. The fourth-order valence-electron chi connectivity index (χ4n) is 3.45. The number of carbonyl (C=O) groups is 1. The van der Waals surface area contributed by atoms with E-state index in [-0.39, 0.29) is 5.91 Å². The molecule has 0 fully saturated rings. The molecule has 3 rings (SSSR count). The van der Waals surface area contributed by atoms with Crippen molar-refractivity contribution in [3.8, 4) is 0 Å². The number of carbonyl (C=O) groups excluding carboxylic acids is 1. The monoisotopic (exact) mass is 433 g/mol. The van der Waals surface area contributed by atoms with Crippen LogP contribution in [0, 0.1) is 0 Å². The number of allylic oxidation sites excluding steroid dienone is 4. The van der Waals surface area contributed by atoms with Crippen LogP contribution in [0.4, 0.5) is 11.6 Å². The van der Waals surface area contributed by atoms with Crippen molar-refractivity contribution in [1.29, 1.82) is 0 Å². The first-order valence-electron chi connectivity index (χ1n) is 11.1. The molecule has 7 nitrogen and oxygen atoms in total. The van der Waals surface area contributed by atoms with E-state index in [1.807, 2.05) is 35.2 Å². The van der Waals surface area contributed by atoms with Gasteiger partial charge in [-0.15, -0.1) is 0 Å². The van der Waals surface area contributed by atoms with Crippen molar-refractivity contribution in [2.24, 2.45) is 0 Å². The van der Waals surface area contributed by atoms with Gasteiger partial charge in [0.05, 0.1) is 5.56 Å². The van der Waals surface area contributed by atoms with Gasteiger partial charge in [-0.05, 0) is 50.3 Å². The molecule has 32 heavy (non-hydrogen) atoms. The molecule has 1 aromatic heterocycles. The van der Waals surface area contributed by atoms with E-state index in [2.05, 4.69) is 45.6 Å². The zero-order valence-electron chi connectivity index (χ0n) is 18.3. The van der Waals surface area contributed by atoms with Crippen LogP contribution in [0.5, 0.6) is 0 Å². The molecule has 168 valence electrons. The second-order valence-electron chi connectivity index (χ2n) is 7.69. The number of hydroxylamine groups is 1. The lowest BCUT2D eigenvalue weighted by atomic mass is 10.1. The van der Waals surface area contributed by atoms with Crippen LogP contribution in [0.1, 0.15) is 55.3 Å². The molecule has 1 aliphatic rings. The summed E-state index contributed by atoms with van der Waals surface area (Å²) in [6, 6.07) is 9.98. The van der Waals surface area contributed by atoms with Crippen LogP contribution < -0.4 is 15.7 Å². The second-order valence-corrected chi connectivity index (χ2v) is 7.69. The van der Waals surface area contributed by atoms with Crippen molar-refractivity contribution in [2.75, 3.05) is 11.4 Å². The van der Waals surface area contributed by atoms with Crippen LogP contribution in [0.25, 0.3) is 0 Å². The standard InChI is InChI=1S/C25H31N5O2/c1-20(29-32)12-6-2-3-11-17-26-24(31)21-18-27-25(28-19-21)30(22-13-7-4-8-14-22)23-15-9-5-10-16-23/h4,7-9,13-16,18-19,29,32H,1-3,5-6,10-12,17H2,(H,26,31). The van der Waals surface area contributed by atoms with Gasteiger partial charge in [-0.1, -0.05) is 49.8 Å². The molecule has 0 unspecified atom stereocenters. The maximum absolute atomic E-state index is 12.4. The van der Waals surface area contributed by atoms with Crippen LogP contribution in [0.15, 0.2) is 78.9 Å². The molecule has 0 saturated carbocycles. The Morgan fingerprint density at radius 2 is 1.81 bits per heavy atom. The van der Waals surface area contributed by atoms with Gasteiger partial charge in [0.1, 0.15) is 0 Å². The number of para-hydroxylation sites is 1. The number of rotatable bonds is 12. The molecule has 0 atom stereocenters. The summed E-state index contributed by atoms with van der Waals surface area (Å²) in [7, 11) is 0.